The monoisotopic (exact) mass is 557 g/mol. The molecule has 0 aliphatic rings. The lowest BCUT2D eigenvalue weighted by atomic mass is 10.2. The van der Waals surface area contributed by atoms with Crippen molar-refractivity contribution in [2.45, 2.75) is 11.8 Å². The van der Waals surface area contributed by atoms with Gasteiger partial charge in [-0.25, -0.2) is 9.78 Å². The van der Waals surface area contributed by atoms with Crippen LogP contribution < -0.4 is 14.2 Å². The predicted molar refractivity (Wildman–Crippen MR) is 144 cm³/mol. The van der Waals surface area contributed by atoms with Crippen LogP contribution >= 0.6 is 35.0 Å². The molecule has 0 aliphatic carbocycles. The number of aromatic amines is 1. The Bertz CT molecular complexity index is 1440. The van der Waals surface area contributed by atoms with Crippen LogP contribution in [0.15, 0.2) is 70.7 Å². The number of carbonyl (C=O) groups is 1. The van der Waals surface area contributed by atoms with Crippen LogP contribution in [-0.2, 0) is 11.4 Å². The number of hydrogen-bond donors (Lipinski definition) is 2. The summed E-state index contributed by atoms with van der Waals surface area (Å²) >= 11 is 13.3. The van der Waals surface area contributed by atoms with Crippen LogP contribution in [0.2, 0.25) is 10.0 Å². The first kappa shape index (κ1) is 26.4. The van der Waals surface area contributed by atoms with E-state index in [9.17, 15) is 9.90 Å². The van der Waals surface area contributed by atoms with E-state index >= 15 is 0 Å². The van der Waals surface area contributed by atoms with Crippen molar-refractivity contribution in [1.29, 1.82) is 0 Å². The molecule has 0 saturated heterocycles. The Hall–Kier alpha value is -3.66. The van der Waals surface area contributed by atoms with E-state index in [1.54, 1.807) is 56.7 Å². The summed E-state index contributed by atoms with van der Waals surface area (Å²) < 4.78 is 16.5. The molecule has 0 saturated carbocycles. The third-order valence-corrected chi connectivity index (χ3v) is 6.58. The van der Waals surface area contributed by atoms with E-state index in [2.05, 4.69) is 15.2 Å². The standard InChI is InChI=1S/C26H21Cl2N3O5S/c1-34-19-10-17(11-20(13-19)35-2)24-29-26(31-30-24)37-23(25(32)33)12-16-9-18(27)7-8-22(16)36-14-15-5-3-4-6-21(15)28/h3-13H,14H2,1-2H3,(H,32,33)(H,29,30,31)/b23-12-. The maximum atomic E-state index is 12.1. The summed E-state index contributed by atoms with van der Waals surface area (Å²) in [6, 6.07) is 17.5. The Morgan fingerprint density at radius 3 is 2.46 bits per heavy atom. The molecule has 4 aromatic rings. The Balaban J connectivity index is 1.60. The SMILES string of the molecule is COc1cc(OC)cc(-c2nc(S/C(=C\c3cc(Cl)ccc3OCc3ccccc3Cl)C(=O)O)n[nH]2)c1. The highest BCUT2D eigenvalue weighted by atomic mass is 35.5. The molecule has 0 radical (unpaired) electrons. The molecule has 0 fully saturated rings. The van der Waals surface area contributed by atoms with Gasteiger partial charge < -0.3 is 19.3 Å². The fourth-order valence-corrected chi connectivity index (χ4v) is 4.34. The van der Waals surface area contributed by atoms with Crippen molar-refractivity contribution in [3.05, 3.63) is 86.7 Å². The molecule has 4 rings (SSSR count). The molecule has 8 nitrogen and oxygen atoms in total. The van der Waals surface area contributed by atoms with Gasteiger partial charge in [0.05, 0.1) is 14.2 Å². The van der Waals surface area contributed by atoms with Crippen LogP contribution in [0.5, 0.6) is 17.2 Å². The van der Waals surface area contributed by atoms with Gasteiger partial charge in [0, 0.05) is 32.8 Å². The lowest BCUT2D eigenvalue weighted by Gasteiger charge is -2.11. The average Bonchev–Trinajstić information content (AvgIpc) is 3.37. The van der Waals surface area contributed by atoms with Gasteiger partial charge in [-0.05, 0) is 54.2 Å². The normalized spacial score (nSPS) is 11.3. The summed E-state index contributed by atoms with van der Waals surface area (Å²) in [7, 11) is 3.10. The zero-order valence-corrected chi connectivity index (χ0v) is 22.0. The molecule has 1 heterocycles. The second-order valence-corrected chi connectivity index (χ2v) is 9.40. The minimum Gasteiger partial charge on any atom is -0.497 e. The van der Waals surface area contributed by atoms with E-state index in [1.165, 1.54) is 6.08 Å². The van der Waals surface area contributed by atoms with Gasteiger partial charge in [0.15, 0.2) is 5.82 Å². The van der Waals surface area contributed by atoms with Gasteiger partial charge in [-0.3, -0.25) is 5.10 Å². The zero-order valence-electron chi connectivity index (χ0n) is 19.7. The topological polar surface area (TPSA) is 107 Å². The predicted octanol–water partition coefficient (Wildman–Crippen LogP) is 6.59. The van der Waals surface area contributed by atoms with E-state index in [1.807, 2.05) is 18.2 Å². The molecule has 0 spiro atoms. The quantitative estimate of drug-likeness (QED) is 0.166. The van der Waals surface area contributed by atoms with Gasteiger partial charge in [0.1, 0.15) is 28.8 Å². The van der Waals surface area contributed by atoms with Crippen LogP contribution in [0.4, 0.5) is 0 Å². The van der Waals surface area contributed by atoms with Crippen LogP contribution in [-0.4, -0.2) is 40.5 Å². The van der Waals surface area contributed by atoms with Crippen LogP contribution in [0.25, 0.3) is 17.5 Å². The fourth-order valence-electron chi connectivity index (χ4n) is 3.27. The molecule has 0 amide bonds. The molecule has 190 valence electrons. The van der Waals surface area contributed by atoms with Gasteiger partial charge >= 0.3 is 5.97 Å². The number of H-pyrrole nitrogens is 1. The Morgan fingerprint density at radius 2 is 1.78 bits per heavy atom. The van der Waals surface area contributed by atoms with Gasteiger partial charge in [-0.15, -0.1) is 5.10 Å². The minimum absolute atomic E-state index is 0.0290. The van der Waals surface area contributed by atoms with E-state index < -0.39 is 5.97 Å². The van der Waals surface area contributed by atoms with Crippen molar-refractivity contribution < 1.29 is 24.1 Å². The van der Waals surface area contributed by atoms with Crippen molar-refractivity contribution in [2.75, 3.05) is 14.2 Å². The van der Waals surface area contributed by atoms with Gasteiger partial charge in [0.25, 0.3) is 0 Å². The minimum atomic E-state index is -1.16. The number of benzene rings is 3. The van der Waals surface area contributed by atoms with Gasteiger partial charge in [-0.2, -0.15) is 0 Å². The summed E-state index contributed by atoms with van der Waals surface area (Å²) in [5, 5.41) is 18.1. The summed E-state index contributed by atoms with van der Waals surface area (Å²) in [6.45, 7) is 0.200. The number of methoxy groups -OCH3 is 2. The third kappa shape index (κ3) is 6.76. The zero-order chi connectivity index (χ0) is 26.4. The molecular formula is C26H21Cl2N3O5S. The van der Waals surface area contributed by atoms with Crippen molar-refractivity contribution in [1.82, 2.24) is 15.2 Å². The van der Waals surface area contributed by atoms with Crippen LogP contribution in [0.3, 0.4) is 0 Å². The molecule has 0 bridgehead atoms. The Morgan fingerprint density at radius 1 is 1.05 bits per heavy atom. The van der Waals surface area contributed by atoms with Crippen LogP contribution in [0.1, 0.15) is 11.1 Å². The van der Waals surface area contributed by atoms with Gasteiger partial charge in [0.2, 0.25) is 5.16 Å². The number of hydrogen-bond acceptors (Lipinski definition) is 7. The number of aliphatic carboxylic acids is 1. The lowest BCUT2D eigenvalue weighted by molar-refractivity contribution is -0.131. The van der Waals surface area contributed by atoms with E-state index in [0.29, 0.717) is 44.2 Å². The van der Waals surface area contributed by atoms with E-state index in [-0.39, 0.29) is 16.7 Å². The van der Waals surface area contributed by atoms with Crippen molar-refractivity contribution in [2.24, 2.45) is 0 Å². The number of nitrogens with zero attached hydrogens (tertiary/aromatic N) is 2. The summed E-state index contributed by atoms with van der Waals surface area (Å²) in [5.74, 6) is 0.878. The van der Waals surface area contributed by atoms with Crippen molar-refractivity contribution in [3.8, 4) is 28.6 Å². The molecule has 3 aromatic carbocycles. The summed E-state index contributed by atoms with van der Waals surface area (Å²) in [5.41, 5.74) is 1.95. The first-order valence-corrected chi connectivity index (χ1v) is 12.4. The third-order valence-electron chi connectivity index (χ3n) is 5.10. The molecule has 1 aromatic heterocycles. The summed E-state index contributed by atoms with van der Waals surface area (Å²) in [6.07, 6.45) is 1.46. The van der Waals surface area contributed by atoms with Crippen molar-refractivity contribution >= 4 is 47.0 Å². The fraction of sp³-hybridized carbons (Fsp3) is 0.115. The Labute approximate surface area is 227 Å². The molecule has 0 unspecified atom stereocenters. The molecule has 37 heavy (non-hydrogen) atoms. The molecule has 0 atom stereocenters. The largest absolute Gasteiger partial charge is 0.497 e. The average molecular weight is 558 g/mol. The summed E-state index contributed by atoms with van der Waals surface area (Å²) in [4.78, 5) is 16.5. The number of aromatic nitrogens is 3. The first-order chi connectivity index (χ1) is 17.9. The maximum absolute atomic E-state index is 12.1. The highest BCUT2D eigenvalue weighted by molar-refractivity contribution is 8.04. The molecular weight excluding hydrogens is 537 g/mol. The second-order valence-electron chi connectivity index (χ2n) is 7.55. The first-order valence-electron chi connectivity index (χ1n) is 10.8. The number of ether oxygens (including phenoxy) is 3. The molecule has 2 N–H and O–H groups in total. The van der Waals surface area contributed by atoms with E-state index in [4.69, 9.17) is 37.4 Å². The Kier molecular flexibility index (Phi) is 8.60. The number of thioether (sulfide) groups is 1. The highest BCUT2D eigenvalue weighted by Crippen LogP contribution is 2.33. The number of rotatable bonds is 10. The van der Waals surface area contributed by atoms with Crippen molar-refractivity contribution in [3.63, 3.8) is 0 Å². The number of halogens is 2. The van der Waals surface area contributed by atoms with Crippen LogP contribution in [0, 0.1) is 0 Å². The number of carboxylic acid groups (broad SMARTS) is 1. The van der Waals surface area contributed by atoms with E-state index in [0.717, 1.165) is 17.3 Å². The number of carboxylic acids is 1. The maximum Gasteiger partial charge on any atom is 0.342 e. The lowest BCUT2D eigenvalue weighted by Crippen LogP contribution is -2.00. The number of nitrogens with one attached hydrogen (secondary N) is 1. The smallest absolute Gasteiger partial charge is 0.342 e. The highest BCUT2D eigenvalue weighted by Gasteiger charge is 2.17. The molecule has 0 aliphatic heterocycles. The van der Waals surface area contributed by atoms with Gasteiger partial charge in [-0.1, -0.05) is 41.4 Å². The second kappa shape index (κ2) is 12.1. The molecule has 11 heteroatoms.